The summed E-state index contributed by atoms with van der Waals surface area (Å²) in [6, 6.07) is 10.3. The summed E-state index contributed by atoms with van der Waals surface area (Å²) < 4.78 is 0. The number of hydrogen-bond donors (Lipinski definition) is 1. The molecule has 0 aliphatic rings. The molecule has 1 aromatic heterocycles. The first kappa shape index (κ1) is 15.6. The van der Waals surface area contributed by atoms with E-state index < -0.39 is 0 Å². The van der Waals surface area contributed by atoms with Crippen LogP contribution in [-0.2, 0) is 0 Å². The Morgan fingerprint density at radius 3 is 2.67 bits per heavy atom. The van der Waals surface area contributed by atoms with Gasteiger partial charge < -0.3 is 10.2 Å². The van der Waals surface area contributed by atoms with Crippen LogP contribution >= 0.6 is 11.6 Å². The van der Waals surface area contributed by atoms with Gasteiger partial charge in [0.15, 0.2) is 0 Å². The number of nitrogens with zero attached hydrogens (tertiary/aromatic N) is 3. The minimum absolute atomic E-state index is 0.469. The summed E-state index contributed by atoms with van der Waals surface area (Å²) in [7, 11) is 0. The lowest BCUT2D eigenvalue weighted by Gasteiger charge is -2.23. The fraction of sp³-hybridized carbons (Fsp3) is 0.375. The highest BCUT2D eigenvalue weighted by molar-refractivity contribution is 6.29. The molecule has 2 aromatic rings. The summed E-state index contributed by atoms with van der Waals surface area (Å²) in [6.45, 7) is 8.78. The largest absolute Gasteiger partial charge is 0.370 e. The Labute approximate surface area is 131 Å². The van der Waals surface area contributed by atoms with Gasteiger partial charge in [0.1, 0.15) is 16.8 Å². The second-order valence-electron chi connectivity index (χ2n) is 4.97. The van der Waals surface area contributed by atoms with E-state index in [1.807, 2.05) is 6.92 Å². The molecule has 0 unspecified atom stereocenters. The third-order valence-corrected chi connectivity index (χ3v) is 3.44. The van der Waals surface area contributed by atoms with E-state index in [-0.39, 0.29) is 0 Å². The Bertz CT molecular complexity index is 580. The van der Waals surface area contributed by atoms with E-state index in [0.717, 1.165) is 25.5 Å². The molecular formula is C16H21ClN4. The quantitative estimate of drug-likeness (QED) is 0.827. The first-order valence-electron chi connectivity index (χ1n) is 7.15. The molecule has 0 amide bonds. The average Bonchev–Trinajstić information content (AvgIpc) is 2.42. The molecule has 5 heteroatoms. The number of nitrogens with one attached hydrogen (secondary N) is 1. The lowest BCUT2D eigenvalue weighted by Crippen LogP contribution is -2.29. The molecule has 0 aliphatic carbocycles. The number of aromatic nitrogens is 2. The molecule has 112 valence electrons. The van der Waals surface area contributed by atoms with Crippen molar-refractivity contribution in [1.82, 2.24) is 9.97 Å². The van der Waals surface area contributed by atoms with Crippen molar-refractivity contribution in [2.45, 2.75) is 20.8 Å². The minimum atomic E-state index is 0.469. The van der Waals surface area contributed by atoms with Crippen molar-refractivity contribution >= 4 is 23.1 Å². The molecule has 4 nitrogen and oxygen atoms in total. The average molecular weight is 305 g/mol. The van der Waals surface area contributed by atoms with Crippen LogP contribution in [0.2, 0.25) is 5.15 Å². The number of aryl methyl sites for hydroxylation is 2. The molecule has 0 fully saturated rings. The molecule has 1 aromatic carbocycles. The first-order valence-corrected chi connectivity index (χ1v) is 7.53. The number of benzene rings is 1. The second-order valence-corrected chi connectivity index (χ2v) is 5.36. The minimum Gasteiger partial charge on any atom is -0.370 e. The SMILES string of the molecule is CCN(CCNc1cc(Cl)nc(C)n1)c1cccc(C)c1. The highest BCUT2D eigenvalue weighted by Gasteiger charge is 2.05. The zero-order chi connectivity index (χ0) is 15.2. The fourth-order valence-corrected chi connectivity index (χ4v) is 2.46. The third kappa shape index (κ3) is 4.60. The molecule has 0 atom stereocenters. The predicted molar refractivity (Wildman–Crippen MR) is 89.3 cm³/mol. The van der Waals surface area contributed by atoms with E-state index in [4.69, 9.17) is 11.6 Å². The maximum Gasteiger partial charge on any atom is 0.134 e. The van der Waals surface area contributed by atoms with E-state index in [1.165, 1.54) is 11.3 Å². The molecule has 0 radical (unpaired) electrons. The number of likely N-dealkylation sites (N-methyl/N-ethyl adjacent to an activating group) is 1. The maximum absolute atomic E-state index is 5.93. The highest BCUT2D eigenvalue weighted by Crippen LogP contribution is 2.16. The summed E-state index contributed by atoms with van der Waals surface area (Å²) in [5.74, 6) is 1.45. The lowest BCUT2D eigenvalue weighted by molar-refractivity contribution is 0.831. The van der Waals surface area contributed by atoms with Crippen LogP contribution in [0.15, 0.2) is 30.3 Å². The van der Waals surface area contributed by atoms with Crippen LogP contribution in [0.25, 0.3) is 0 Å². The number of anilines is 2. The molecule has 0 spiro atoms. The summed E-state index contributed by atoms with van der Waals surface area (Å²) in [5.41, 5.74) is 2.52. The van der Waals surface area contributed by atoms with Crippen molar-refractivity contribution in [3.8, 4) is 0 Å². The van der Waals surface area contributed by atoms with E-state index in [0.29, 0.717) is 11.0 Å². The van der Waals surface area contributed by atoms with E-state index in [2.05, 4.69) is 58.3 Å². The molecule has 0 saturated heterocycles. The van der Waals surface area contributed by atoms with Crippen molar-refractivity contribution in [2.75, 3.05) is 29.9 Å². The number of rotatable bonds is 6. The van der Waals surface area contributed by atoms with Crippen LogP contribution < -0.4 is 10.2 Å². The molecule has 0 saturated carbocycles. The topological polar surface area (TPSA) is 41.0 Å². The van der Waals surface area contributed by atoms with Crippen LogP contribution in [-0.4, -0.2) is 29.6 Å². The normalized spacial score (nSPS) is 10.5. The van der Waals surface area contributed by atoms with E-state index in [9.17, 15) is 0 Å². The Hall–Kier alpha value is -1.81. The molecule has 2 rings (SSSR count). The molecule has 0 bridgehead atoms. The Morgan fingerprint density at radius 2 is 2.00 bits per heavy atom. The summed E-state index contributed by atoms with van der Waals surface area (Å²) in [5, 5.41) is 3.77. The zero-order valence-electron chi connectivity index (χ0n) is 12.7. The van der Waals surface area contributed by atoms with Gasteiger partial charge in [0, 0.05) is 31.4 Å². The summed E-state index contributed by atoms with van der Waals surface area (Å²) in [6.07, 6.45) is 0. The standard InChI is InChI=1S/C16H21ClN4/c1-4-21(14-7-5-6-12(2)10-14)9-8-18-16-11-15(17)19-13(3)20-16/h5-7,10-11H,4,8-9H2,1-3H3,(H,18,19,20). The van der Waals surface area contributed by atoms with Crippen LogP contribution in [0.4, 0.5) is 11.5 Å². The summed E-state index contributed by atoms with van der Waals surface area (Å²) in [4.78, 5) is 10.7. The smallest absolute Gasteiger partial charge is 0.134 e. The molecule has 0 aliphatic heterocycles. The second kappa shape index (κ2) is 7.27. The monoisotopic (exact) mass is 304 g/mol. The van der Waals surface area contributed by atoms with Crippen molar-refractivity contribution < 1.29 is 0 Å². The Morgan fingerprint density at radius 1 is 1.19 bits per heavy atom. The third-order valence-electron chi connectivity index (χ3n) is 3.24. The molecule has 1 heterocycles. The van der Waals surface area contributed by atoms with E-state index >= 15 is 0 Å². The van der Waals surface area contributed by atoms with Gasteiger partial charge in [-0.15, -0.1) is 0 Å². The van der Waals surface area contributed by atoms with Gasteiger partial charge >= 0.3 is 0 Å². The van der Waals surface area contributed by atoms with Crippen molar-refractivity contribution in [1.29, 1.82) is 0 Å². The van der Waals surface area contributed by atoms with Crippen LogP contribution in [0.1, 0.15) is 18.3 Å². The van der Waals surface area contributed by atoms with Gasteiger partial charge in [0.05, 0.1) is 0 Å². The van der Waals surface area contributed by atoms with Gasteiger partial charge in [-0.05, 0) is 38.5 Å². The first-order chi connectivity index (χ1) is 10.1. The van der Waals surface area contributed by atoms with Gasteiger partial charge in [0.25, 0.3) is 0 Å². The maximum atomic E-state index is 5.93. The van der Waals surface area contributed by atoms with Crippen LogP contribution in [0, 0.1) is 13.8 Å². The predicted octanol–water partition coefficient (Wildman–Crippen LogP) is 3.69. The van der Waals surface area contributed by atoms with Crippen LogP contribution in [0.5, 0.6) is 0 Å². The Kier molecular flexibility index (Phi) is 5.39. The summed E-state index contributed by atoms with van der Waals surface area (Å²) >= 11 is 5.93. The molecule has 21 heavy (non-hydrogen) atoms. The zero-order valence-corrected chi connectivity index (χ0v) is 13.5. The van der Waals surface area contributed by atoms with Gasteiger partial charge in [-0.2, -0.15) is 0 Å². The fourth-order valence-electron chi connectivity index (χ4n) is 2.24. The van der Waals surface area contributed by atoms with Gasteiger partial charge in [-0.1, -0.05) is 23.7 Å². The molecule has 1 N–H and O–H groups in total. The number of hydrogen-bond acceptors (Lipinski definition) is 4. The number of halogens is 1. The van der Waals surface area contributed by atoms with Crippen LogP contribution in [0.3, 0.4) is 0 Å². The van der Waals surface area contributed by atoms with Crippen molar-refractivity contribution in [2.24, 2.45) is 0 Å². The Balaban J connectivity index is 1.94. The lowest BCUT2D eigenvalue weighted by atomic mass is 10.2. The van der Waals surface area contributed by atoms with Crippen molar-refractivity contribution in [3.05, 3.63) is 46.9 Å². The molecular weight excluding hydrogens is 284 g/mol. The van der Waals surface area contributed by atoms with Gasteiger partial charge in [0.2, 0.25) is 0 Å². The van der Waals surface area contributed by atoms with Crippen molar-refractivity contribution in [3.63, 3.8) is 0 Å². The van der Waals surface area contributed by atoms with Gasteiger partial charge in [-0.3, -0.25) is 0 Å². The van der Waals surface area contributed by atoms with Gasteiger partial charge in [-0.25, -0.2) is 9.97 Å². The highest BCUT2D eigenvalue weighted by atomic mass is 35.5. The van der Waals surface area contributed by atoms with E-state index in [1.54, 1.807) is 6.07 Å².